The predicted molar refractivity (Wildman–Crippen MR) is 83.1 cm³/mol. The van der Waals surface area contributed by atoms with E-state index in [2.05, 4.69) is 12.1 Å². The van der Waals surface area contributed by atoms with E-state index in [1.807, 2.05) is 12.1 Å². The Morgan fingerprint density at radius 1 is 1.33 bits per heavy atom. The fraction of sp³-hybridized carbons (Fsp3) is 0.188. The minimum atomic E-state index is -1.03. The Balaban J connectivity index is 1.68. The third kappa shape index (κ3) is 2.97. The molecule has 2 aromatic carbocycles. The molecule has 0 radical (unpaired) electrons. The molecule has 0 saturated heterocycles. The number of carboxylic acid groups (broad SMARTS) is 1. The smallest absolute Gasteiger partial charge is 0.339 e. The van der Waals surface area contributed by atoms with E-state index >= 15 is 0 Å². The van der Waals surface area contributed by atoms with Crippen molar-refractivity contribution < 1.29 is 14.6 Å². The third-order valence-corrected chi connectivity index (χ3v) is 4.66. The zero-order chi connectivity index (χ0) is 14.8. The summed E-state index contributed by atoms with van der Waals surface area (Å²) in [5, 5.41) is 9.49. The maximum atomic E-state index is 11.2. The molecule has 1 unspecified atom stereocenters. The number of fused-ring (bicyclic) bond motifs is 1. The van der Waals surface area contributed by atoms with Gasteiger partial charge in [-0.05, 0) is 36.2 Å². The van der Waals surface area contributed by atoms with Crippen molar-refractivity contribution in [2.75, 3.05) is 12.3 Å². The highest BCUT2D eigenvalue weighted by Gasteiger charge is 2.23. The van der Waals surface area contributed by atoms with E-state index in [0.717, 1.165) is 6.42 Å². The van der Waals surface area contributed by atoms with Crippen molar-refractivity contribution in [1.82, 2.24) is 0 Å². The first kappa shape index (κ1) is 13.8. The molecule has 5 heteroatoms. The van der Waals surface area contributed by atoms with Gasteiger partial charge in [-0.2, -0.15) is 0 Å². The molecule has 2 aromatic rings. The quantitative estimate of drug-likeness (QED) is 0.849. The fourth-order valence-electron chi connectivity index (χ4n) is 2.37. The number of carbonyl (C=O) groups is 1. The SMILES string of the molecule is Nc1ccc(OCC2Cc3ccccc3S2)c(C(=O)O)c1. The molecular formula is C16H15NO3S. The van der Waals surface area contributed by atoms with Crippen LogP contribution in [0, 0.1) is 0 Å². The summed E-state index contributed by atoms with van der Waals surface area (Å²) in [5.74, 6) is -0.659. The van der Waals surface area contributed by atoms with Crippen LogP contribution in [0.15, 0.2) is 47.4 Å². The molecule has 4 nitrogen and oxygen atoms in total. The van der Waals surface area contributed by atoms with Crippen LogP contribution in [0.2, 0.25) is 0 Å². The minimum Gasteiger partial charge on any atom is -0.492 e. The summed E-state index contributed by atoms with van der Waals surface area (Å²) in [6.45, 7) is 0.476. The summed E-state index contributed by atoms with van der Waals surface area (Å²) in [4.78, 5) is 12.5. The number of hydrogen-bond donors (Lipinski definition) is 2. The molecule has 0 aromatic heterocycles. The van der Waals surface area contributed by atoms with Crippen molar-refractivity contribution in [3.8, 4) is 5.75 Å². The van der Waals surface area contributed by atoms with Gasteiger partial charge < -0.3 is 15.6 Å². The monoisotopic (exact) mass is 301 g/mol. The standard InChI is InChI=1S/C16H15NO3S/c17-11-5-6-14(13(8-11)16(18)19)20-9-12-7-10-3-1-2-4-15(10)21-12/h1-6,8,12H,7,9,17H2,(H,18,19). The second kappa shape index (κ2) is 5.69. The van der Waals surface area contributed by atoms with Crippen molar-refractivity contribution >= 4 is 23.4 Å². The largest absolute Gasteiger partial charge is 0.492 e. The van der Waals surface area contributed by atoms with Crippen LogP contribution in [0.25, 0.3) is 0 Å². The van der Waals surface area contributed by atoms with Crippen LogP contribution in [0.5, 0.6) is 5.75 Å². The molecule has 1 aliphatic rings. The number of thioether (sulfide) groups is 1. The van der Waals surface area contributed by atoms with Gasteiger partial charge in [0.15, 0.2) is 0 Å². The molecule has 1 atom stereocenters. The van der Waals surface area contributed by atoms with Gasteiger partial charge in [-0.25, -0.2) is 4.79 Å². The van der Waals surface area contributed by atoms with Crippen LogP contribution in [-0.4, -0.2) is 22.9 Å². The second-order valence-corrected chi connectivity index (χ2v) is 6.27. The molecule has 1 aliphatic heterocycles. The van der Waals surface area contributed by atoms with Crippen LogP contribution in [0.1, 0.15) is 15.9 Å². The molecule has 0 spiro atoms. The molecule has 3 rings (SSSR count). The topological polar surface area (TPSA) is 72.5 Å². The van der Waals surface area contributed by atoms with E-state index < -0.39 is 5.97 Å². The zero-order valence-corrected chi connectivity index (χ0v) is 12.1. The number of aromatic carboxylic acids is 1. The lowest BCUT2D eigenvalue weighted by Gasteiger charge is -2.13. The number of nitrogens with two attached hydrogens (primary N) is 1. The lowest BCUT2D eigenvalue weighted by Crippen LogP contribution is -2.15. The van der Waals surface area contributed by atoms with Crippen molar-refractivity contribution in [2.45, 2.75) is 16.6 Å². The Labute approximate surface area is 126 Å². The first-order chi connectivity index (χ1) is 10.1. The highest BCUT2D eigenvalue weighted by molar-refractivity contribution is 8.00. The molecule has 21 heavy (non-hydrogen) atoms. The number of benzene rings is 2. The molecule has 0 aliphatic carbocycles. The maximum Gasteiger partial charge on any atom is 0.339 e. The molecule has 0 saturated carbocycles. The lowest BCUT2D eigenvalue weighted by molar-refractivity contribution is 0.0692. The average Bonchev–Trinajstić information content (AvgIpc) is 2.88. The van der Waals surface area contributed by atoms with Crippen molar-refractivity contribution in [3.05, 3.63) is 53.6 Å². The van der Waals surface area contributed by atoms with Gasteiger partial charge in [0, 0.05) is 15.8 Å². The van der Waals surface area contributed by atoms with Gasteiger partial charge in [-0.3, -0.25) is 0 Å². The number of ether oxygens (including phenoxy) is 1. The van der Waals surface area contributed by atoms with E-state index in [4.69, 9.17) is 10.5 Å². The number of anilines is 1. The van der Waals surface area contributed by atoms with Crippen LogP contribution in [0.4, 0.5) is 5.69 Å². The van der Waals surface area contributed by atoms with Crippen molar-refractivity contribution in [2.24, 2.45) is 0 Å². The summed E-state index contributed by atoms with van der Waals surface area (Å²) in [5.41, 5.74) is 7.47. The number of hydrogen-bond acceptors (Lipinski definition) is 4. The molecule has 1 heterocycles. The van der Waals surface area contributed by atoms with Crippen LogP contribution in [-0.2, 0) is 6.42 Å². The van der Waals surface area contributed by atoms with Gasteiger partial charge in [0.25, 0.3) is 0 Å². The molecular weight excluding hydrogens is 286 g/mol. The Morgan fingerprint density at radius 3 is 2.90 bits per heavy atom. The van der Waals surface area contributed by atoms with E-state index in [9.17, 15) is 9.90 Å². The zero-order valence-electron chi connectivity index (χ0n) is 11.3. The van der Waals surface area contributed by atoms with E-state index in [0.29, 0.717) is 23.3 Å². The first-order valence-electron chi connectivity index (χ1n) is 6.63. The Morgan fingerprint density at radius 2 is 2.14 bits per heavy atom. The van der Waals surface area contributed by atoms with Gasteiger partial charge >= 0.3 is 5.97 Å². The Hall–Kier alpha value is -2.14. The van der Waals surface area contributed by atoms with Gasteiger partial charge in [-0.15, -0.1) is 11.8 Å². The van der Waals surface area contributed by atoms with Gasteiger partial charge in [0.1, 0.15) is 17.9 Å². The van der Waals surface area contributed by atoms with Crippen LogP contribution in [0.3, 0.4) is 0 Å². The van der Waals surface area contributed by atoms with Gasteiger partial charge in [0.05, 0.1) is 0 Å². The van der Waals surface area contributed by atoms with E-state index in [1.165, 1.54) is 16.5 Å². The summed E-state index contributed by atoms with van der Waals surface area (Å²) in [6.07, 6.45) is 0.943. The predicted octanol–water partition coefficient (Wildman–Crippen LogP) is 3.06. The molecule has 0 fully saturated rings. The van der Waals surface area contributed by atoms with Crippen molar-refractivity contribution in [1.29, 1.82) is 0 Å². The fourth-order valence-corrected chi connectivity index (χ4v) is 3.59. The lowest BCUT2D eigenvalue weighted by atomic mass is 10.1. The summed E-state index contributed by atoms with van der Waals surface area (Å²) >= 11 is 1.78. The third-order valence-electron chi connectivity index (χ3n) is 3.37. The Bertz CT molecular complexity index is 662. The van der Waals surface area contributed by atoms with E-state index in [1.54, 1.807) is 23.9 Å². The number of nitrogen functional groups attached to an aromatic ring is 1. The highest BCUT2D eigenvalue weighted by Crippen LogP contribution is 2.37. The van der Waals surface area contributed by atoms with Crippen molar-refractivity contribution in [3.63, 3.8) is 0 Å². The first-order valence-corrected chi connectivity index (χ1v) is 7.51. The van der Waals surface area contributed by atoms with E-state index in [-0.39, 0.29) is 5.56 Å². The summed E-state index contributed by atoms with van der Waals surface area (Å²) < 4.78 is 5.71. The normalized spacial score (nSPS) is 16.5. The Kier molecular flexibility index (Phi) is 3.75. The molecule has 3 N–H and O–H groups in total. The van der Waals surface area contributed by atoms with Gasteiger partial charge in [-0.1, -0.05) is 18.2 Å². The summed E-state index contributed by atoms with van der Waals surface area (Å²) in [6, 6.07) is 13.0. The van der Waals surface area contributed by atoms with Crippen LogP contribution >= 0.6 is 11.8 Å². The highest BCUT2D eigenvalue weighted by atomic mass is 32.2. The maximum absolute atomic E-state index is 11.2. The molecule has 0 amide bonds. The van der Waals surface area contributed by atoms with Crippen LogP contribution < -0.4 is 10.5 Å². The molecule has 108 valence electrons. The minimum absolute atomic E-state index is 0.107. The molecule has 0 bridgehead atoms. The summed E-state index contributed by atoms with van der Waals surface area (Å²) in [7, 11) is 0. The number of rotatable bonds is 4. The average molecular weight is 301 g/mol. The number of carboxylic acids is 1. The second-order valence-electron chi connectivity index (χ2n) is 4.92. The van der Waals surface area contributed by atoms with Gasteiger partial charge in [0.2, 0.25) is 0 Å².